The largest absolute Gasteiger partial charge is 0.462 e. The number of hydrogen-bond acceptors (Lipinski definition) is 9. The van der Waals surface area contributed by atoms with E-state index in [1.165, 1.54) is 10.9 Å². The van der Waals surface area contributed by atoms with Crippen LogP contribution < -0.4 is 10.5 Å². The summed E-state index contributed by atoms with van der Waals surface area (Å²) in [5.74, 6) is -0.536. The van der Waals surface area contributed by atoms with Crippen molar-refractivity contribution in [1.82, 2.24) is 9.66 Å². The SMILES string of the molecule is CCOC(=O)c1cn2c(nc1=O)/C(=N\c1ccc(N(CCO)CCO)cc1C)C(c1ccccc1)=N2. The highest BCUT2D eigenvalue weighted by Gasteiger charge is 2.28. The number of nitrogens with zero attached hydrogens (tertiary/aromatic N) is 5. The molecule has 0 saturated carbocycles. The number of aromatic nitrogens is 2. The standard InChI is InChI=1S/C26H27N5O5/c1-3-36-26(35)20-16-31-24(28-25(20)34)23(22(29-31)18-7-5-4-6-8-18)27-21-10-9-19(15-17(21)2)30(11-13-32)12-14-33/h4-10,15-16,32-33H,3,11-14H2,1-2H3/b27-23-. The van der Waals surface area contributed by atoms with E-state index < -0.39 is 11.5 Å². The molecule has 2 aromatic carbocycles. The van der Waals surface area contributed by atoms with E-state index in [4.69, 9.17) is 9.73 Å². The highest BCUT2D eigenvalue weighted by atomic mass is 16.5. The number of esters is 1. The molecule has 1 aromatic heterocycles. The van der Waals surface area contributed by atoms with Crippen LogP contribution >= 0.6 is 0 Å². The van der Waals surface area contributed by atoms with Gasteiger partial charge in [0.2, 0.25) is 0 Å². The molecular weight excluding hydrogens is 462 g/mol. The van der Waals surface area contributed by atoms with Gasteiger partial charge in [-0.25, -0.2) is 14.5 Å². The van der Waals surface area contributed by atoms with Crippen LogP contribution in [0.3, 0.4) is 0 Å². The topological polar surface area (TPSA) is 130 Å². The second kappa shape index (κ2) is 11.1. The molecule has 0 bridgehead atoms. The lowest BCUT2D eigenvalue weighted by atomic mass is 10.1. The highest BCUT2D eigenvalue weighted by Crippen LogP contribution is 2.27. The van der Waals surface area contributed by atoms with Crippen molar-refractivity contribution < 1.29 is 19.7 Å². The Morgan fingerprint density at radius 2 is 1.83 bits per heavy atom. The van der Waals surface area contributed by atoms with Crippen molar-refractivity contribution in [3.8, 4) is 0 Å². The summed E-state index contributed by atoms with van der Waals surface area (Å²) in [4.78, 5) is 35.7. The van der Waals surface area contributed by atoms with Gasteiger partial charge in [0.25, 0.3) is 5.56 Å². The van der Waals surface area contributed by atoms with Crippen LogP contribution in [0, 0.1) is 6.92 Å². The number of anilines is 1. The number of aliphatic hydroxyl groups excluding tert-OH is 2. The zero-order chi connectivity index (χ0) is 25.7. The lowest BCUT2D eigenvalue weighted by Gasteiger charge is -2.23. The van der Waals surface area contributed by atoms with E-state index in [1.54, 1.807) is 6.92 Å². The molecule has 0 spiro atoms. The summed E-state index contributed by atoms with van der Waals surface area (Å²) in [5, 5.41) is 23.3. The first-order chi connectivity index (χ1) is 17.5. The van der Waals surface area contributed by atoms with Crippen LogP contribution in [0.5, 0.6) is 0 Å². The monoisotopic (exact) mass is 489 g/mol. The smallest absolute Gasteiger partial charge is 0.345 e. The van der Waals surface area contributed by atoms with E-state index in [9.17, 15) is 19.8 Å². The van der Waals surface area contributed by atoms with Crippen LogP contribution in [0.15, 0.2) is 69.6 Å². The Morgan fingerprint density at radius 1 is 1.11 bits per heavy atom. The van der Waals surface area contributed by atoms with E-state index >= 15 is 0 Å². The fourth-order valence-corrected chi connectivity index (χ4v) is 3.88. The number of rotatable bonds is 9. The molecule has 0 saturated heterocycles. The van der Waals surface area contributed by atoms with Crippen molar-refractivity contribution in [2.75, 3.05) is 37.8 Å². The molecule has 2 N–H and O–H groups in total. The van der Waals surface area contributed by atoms with Crippen molar-refractivity contribution in [3.05, 3.63) is 87.6 Å². The third-order valence-electron chi connectivity index (χ3n) is 5.61. The quantitative estimate of drug-likeness (QED) is 0.439. The first-order valence-electron chi connectivity index (χ1n) is 11.6. The van der Waals surface area contributed by atoms with Gasteiger partial charge in [0.1, 0.15) is 17.0 Å². The summed E-state index contributed by atoms with van der Waals surface area (Å²) in [7, 11) is 0. The van der Waals surface area contributed by atoms with Gasteiger partial charge in [-0.3, -0.25) is 4.79 Å². The molecule has 0 radical (unpaired) electrons. The molecular formula is C26H27N5O5. The summed E-state index contributed by atoms with van der Waals surface area (Å²) in [6.07, 6.45) is 1.33. The normalized spacial score (nSPS) is 13.4. The lowest BCUT2D eigenvalue weighted by Crippen LogP contribution is -2.29. The number of carbonyl (C=O) groups excluding carboxylic acids is 1. The Hall–Kier alpha value is -4.15. The van der Waals surface area contributed by atoms with Gasteiger partial charge < -0.3 is 19.8 Å². The van der Waals surface area contributed by atoms with E-state index in [-0.39, 0.29) is 31.2 Å². The Kier molecular flexibility index (Phi) is 7.67. The molecule has 0 unspecified atom stereocenters. The average Bonchev–Trinajstić information content (AvgIpc) is 3.22. The second-order valence-electron chi connectivity index (χ2n) is 8.03. The second-order valence-corrected chi connectivity index (χ2v) is 8.03. The van der Waals surface area contributed by atoms with Gasteiger partial charge in [0.05, 0.1) is 31.7 Å². The predicted octanol–water partition coefficient (Wildman–Crippen LogP) is 1.91. The van der Waals surface area contributed by atoms with Gasteiger partial charge in [-0.05, 0) is 37.6 Å². The summed E-state index contributed by atoms with van der Waals surface area (Å²) < 4.78 is 6.35. The van der Waals surface area contributed by atoms with Crippen LogP contribution in [0.4, 0.5) is 11.4 Å². The molecule has 1 aliphatic rings. The molecule has 0 aliphatic carbocycles. The fraction of sp³-hybridized carbons (Fsp3) is 0.269. The fourth-order valence-electron chi connectivity index (χ4n) is 3.88. The van der Waals surface area contributed by atoms with Gasteiger partial charge in [0.15, 0.2) is 5.82 Å². The Labute approximate surface area is 207 Å². The molecule has 10 heteroatoms. The van der Waals surface area contributed by atoms with Crippen LogP contribution in [0.2, 0.25) is 0 Å². The minimum Gasteiger partial charge on any atom is -0.462 e. The van der Waals surface area contributed by atoms with Gasteiger partial charge in [-0.1, -0.05) is 30.3 Å². The van der Waals surface area contributed by atoms with Gasteiger partial charge in [-0.2, -0.15) is 10.1 Å². The third-order valence-corrected chi connectivity index (χ3v) is 5.61. The zero-order valence-electron chi connectivity index (χ0n) is 20.1. The number of aryl methyl sites for hydroxylation is 1. The molecule has 10 nitrogen and oxygen atoms in total. The van der Waals surface area contributed by atoms with E-state index in [2.05, 4.69) is 10.1 Å². The molecule has 36 heavy (non-hydrogen) atoms. The summed E-state index contributed by atoms with van der Waals surface area (Å²) in [6.45, 7) is 4.40. The number of fused-ring (bicyclic) bond motifs is 1. The van der Waals surface area contributed by atoms with Crippen LogP contribution in [0.25, 0.3) is 0 Å². The maximum atomic E-state index is 12.7. The average molecular weight is 490 g/mol. The number of ether oxygens (including phenoxy) is 1. The van der Waals surface area contributed by atoms with E-state index in [1.807, 2.05) is 60.4 Å². The third kappa shape index (κ3) is 5.09. The first-order valence-corrected chi connectivity index (χ1v) is 11.6. The zero-order valence-corrected chi connectivity index (χ0v) is 20.1. The molecule has 0 fully saturated rings. The summed E-state index contributed by atoms with van der Waals surface area (Å²) >= 11 is 0. The molecule has 3 aromatic rings. The number of aliphatic imine (C=N–C) groups is 1. The van der Waals surface area contributed by atoms with Gasteiger partial charge in [-0.15, -0.1) is 0 Å². The van der Waals surface area contributed by atoms with E-state index in [0.29, 0.717) is 30.2 Å². The first kappa shape index (κ1) is 25.0. The van der Waals surface area contributed by atoms with Crippen LogP contribution in [-0.4, -0.2) is 70.2 Å². The highest BCUT2D eigenvalue weighted by molar-refractivity contribution is 6.54. The Balaban J connectivity index is 1.81. The van der Waals surface area contributed by atoms with Crippen LogP contribution in [-0.2, 0) is 4.74 Å². The predicted molar refractivity (Wildman–Crippen MR) is 137 cm³/mol. The Bertz CT molecular complexity index is 1380. The molecule has 0 amide bonds. The van der Waals surface area contributed by atoms with Crippen molar-refractivity contribution in [2.24, 2.45) is 10.1 Å². The van der Waals surface area contributed by atoms with E-state index in [0.717, 1.165) is 16.8 Å². The van der Waals surface area contributed by atoms with Gasteiger partial charge in [0, 0.05) is 24.3 Å². The van der Waals surface area contributed by atoms with Crippen LogP contribution in [0.1, 0.15) is 34.2 Å². The summed E-state index contributed by atoms with van der Waals surface area (Å²) in [5.41, 5.74) is 3.09. The molecule has 186 valence electrons. The lowest BCUT2D eigenvalue weighted by molar-refractivity contribution is 0.0523. The minimum atomic E-state index is -0.756. The van der Waals surface area contributed by atoms with Crippen molar-refractivity contribution in [1.29, 1.82) is 0 Å². The number of carbonyl (C=O) groups is 1. The maximum Gasteiger partial charge on any atom is 0.345 e. The summed E-state index contributed by atoms with van der Waals surface area (Å²) in [6, 6.07) is 15.0. The molecule has 1 aliphatic heterocycles. The Morgan fingerprint density at radius 3 is 2.47 bits per heavy atom. The number of hydrogen-bond donors (Lipinski definition) is 2. The van der Waals surface area contributed by atoms with Gasteiger partial charge >= 0.3 is 5.97 Å². The number of aliphatic hydroxyl groups is 2. The molecule has 0 atom stereocenters. The van der Waals surface area contributed by atoms with Crippen molar-refractivity contribution in [3.63, 3.8) is 0 Å². The minimum absolute atomic E-state index is 0.0367. The molecule has 2 heterocycles. The number of benzene rings is 2. The molecule has 4 rings (SSSR count). The van der Waals surface area contributed by atoms with Crippen molar-refractivity contribution >= 4 is 28.8 Å². The maximum absolute atomic E-state index is 12.7. The van der Waals surface area contributed by atoms with Crippen molar-refractivity contribution in [2.45, 2.75) is 13.8 Å².